The maximum atomic E-state index is 12.5. The lowest BCUT2D eigenvalue weighted by atomic mass is 9.86. The average Bonchev–Trinajstić information content (AvgIpc) is 3.01. The molecule has 1 aliphatic heterocycles. The van der Waals surface area contributed by atoms with Crippen LogP contribution in [0.3, 0.4) is 0 Å². The Morgan fingerprint density at radius 1 is 1.15 bits per heavy atom. The van der Waals surface area contributed by atoms with Crippen LogP contribution in [0.25, 0.3) is 0 Å². The average molecular weight is 370 g/mol. The number of hydrogen-bond acceptors (Lipinski definition) is 5. The number of rotatable bonds is 5. The first-order valence-electron chi connectivity index (χ1n) is 9.57. The number of para-hydroxylation sites is 1. The zero-order chi connectivity index (χ0) is 19.4. The monoisotopic (exact) mass is 370 g/mol. The van der Waals surface area contributed by atoms with E-state index in [1.165, 1.54) is 0 Å². The lowest BCUT2D eigenvalue weighted by molar-refractivity contribution is -0.117. The fourth-order valence-electron chi connectivity index (χ4n) is 3.47. The molecule has 0 radical (unpaired) electrons. The lowest BCUT2D eigenvalue weighted by Crippen LogP contribution is -2.48. The third-order valence-corrected chi connectivity index (χ3v) is 4.90. The number of nitrogens with one attached hydrogen (secondary N) is 1. The topological polar surface area (TPSA) is 61.6 Å². The number of hydrogen-bond donors (Lipinski definition) is 1. The van der Waals surface area contributed by atoms with Crippen molar-refractivity contribution in [2.24, 2.45) is 0 Å². The largest absolute Gasteiger partial charge is 0.361 e. The van der Waals surface area contributed by atoms with Gasteiger partial charge >= 0.3 is 0 Å². The van der Waals surface area contributed by atoms with Crippen LogP contribution in [0.2, 0.25) is 0 Å². The highest BCUT2D eigenvalue weighted by Gasteiger charge is 2.22. The van der Waals surface area contributed by atoms with Gasteiger partial charge in [0.25, 0.3) is 0 Å². The molecule has 1 aliphatic rings. The Labute approximate surface area is 161 Å². The van der Waals surface area contributed by atoms with Crippen LogP contribution in [0, 0.1) is 6.92 Å². The van der Waals surface area contributed by atoms with Gasteiger partial charge in [0.2, 0.25) is 5.91 Å². The summed E-state index contributed by atoms with van der Waals surface area (Å²) >= 11 is 0. The van der Waals surface area contributed by atoms with Gasteiger partial charge < -0.3 is 9.84 Å². The molecule has 27 heavy (non-hydrogen) atoms. The van der Waals surface area contributed by atoms with E-state index in [0.717, 1.165) is 55.4 Å². The van der Waals surface area contributed by atoms with E-state index in [2.05, 4.69) is 47.1 Å². The number of carbonyl (C=O) groups excluding carboxylic acids is 1. The summed E-state index contributed by atoms with van der Waals surface area (Å²) in [5.74, 6) is 0.892. The number of aryl methyl sites for hydroxylation is 1. The van der Waals surface area contributed by atoms with Crippen molar-refractivity contribution in [3.63, 3.8) is 0 Å². The summed E-state index contributed by atoms with van der Waals surface area (Å²) in [6.45, 7) is 13.2. The van der Waals surface area contributed by atoms with Crippen LogP contribution in [0.15, 0.2) is 34.9 Å². The van der Waals surface area contributed by atoms with Crippen LogP contribution >= 0.6 is 0 Å². The van der Waals surface area contributed by atoms with Gasteiger partial charge in [-0.25, -0.2) is 0 Å². The second-order valence-electron chi connectivity index (χ2n) is 8.32. The Hall–Kier alpha value is -2.18. The molecular weight excluding hydrogens is 340 g/mol. The Morgan fingerprint density at radius 3 is 2.44 bits per heavy atom. The predicted octanol–water partition coefficient (Wildman–Crippen LogP) is 3.04. The smallest absolute Gasteiger partial charge is 0.238 e. The fraction of sp³-hybridized carbons (Fsp3) is 0.524. The SMILES string of the molecule is Cc1cc(CN2CCN(CC(=O)Nc3ccccc3C(C)(C)C)CC2)no1. The highest BCUT2D eigenvalue weighted by atomic mass is 16.5. The second-order valence-corrected chi connectivity index (χ2v) is 8.32. The van der Waals surface area contributed by atoms with E-state index in [1.807, 2.05) is 31.2 Å². The normalized spacial score (nSPS) is 16.4. The van der Waals surface area contributed by atoms with E-state index < -0.39 is 0 Å². The van der Waals surface area contributed by atoms with Crippen LogP contribution in [0.4, 0.5) is 5.69 Å². The van der Waals surface area contributed by atoms with Crippen LogP contribution < -0.4 is 5.32 Å². The Balaban J connectivity index is 1.49. The highest BCUT2D eigenvalue weighted by molar-refractivity contribution is 5.93. The van der Waals surface area contributed by atoms with Crippen molar-refractivity contribution in [3.8, 4) is 0 Å². The van der Waals surface area contributed by atoms with E-state index in [1.54, 1.807) is 0 Å². The summed E-state index contributed by atoms with van der Waals surface area (Å²) in [5.41, 5.74) is 3.04. The molecule has 0 atom stereocenters. The minimum absolute atomic E-state index is 0.00499. The van der Waals surface area contributed by atoms with Gasteiger partial charge in [-0.1, -0.05) is 44.1 Å². The predicted molar refractivity (Wildman–Crippen MR) is 107 cm³/mol. The molecule has 1 N–H and O–H groups in total. The van der Waals surface area contributed by atoms with Crippen LogP contribution in [0.1, 0.15) is 37.8 Å². The zero-order valence-corrected chi connectivity index (χ0v) is 16.8. The zero-order valence-electron chi connectivity index (χ0n) is 16.8. The number of nitrogens with zero attached hydrogens (tertiary/aromatic N) is 3. The molecule has 6 heteroatoms. The fourth-order valence-corrected chi connectivity index (χ4v) is 3.47. The number of amides is 1. The molecule has 0 saturated carbocycles. The Kier molecular flexibility index (Phi) is 5.97. The minimum Gasteiger partial charge on any atom is -0.361 e. The molecule has 2 aromatic rings. The Bertz CT molecular complexity index is 770. The molecule has 1 aromatic carbocycles. The first-order chi connectivity index (χ1) is 12.8. The molecule has 0 spiro atoms. The molecule has 0 aliphatic carbocycles. The highest BCUT2D eigenvalue weighted by Crippen LogP contribution is 2.29. The summed E-state index contributed by atoms with van der Waals surface area (Å²) in [6.07, 6.45) is 0. The van der Waals surface area contributed by atoms with Crippen LogP contribution in [0.5, 0.6) is 0 Å². The van der Waals surface area contributed by atoms with E-state index >= 15 is 0 Å². The van der Waals surface area contributed by atoms with Crippen molar-refractivity contribution < 1.29 is 9.32 Å². The third-order valence-electron chi connectivity index (χ3n) is 4.90. The second kappa shape index (κ2) is 8.23. The lowest BCUT2D eigenvalue weighted by Gasteiger charge is -2.33. The third kappa shape index (κ3) is 5.40. The molecule has 0 unspecified atom stereocenters. The summed E-state index contributed by atoms with van der Waals surface area (Å²) in [6, 6.07) is 10.0. The number of piperazine rings is 1. The van der Waals surface area contributed by atoms with E-state index in [9.17, 15) is 4.79 Å². The minimum atomic E-state index is -0.00499. The summed E-state index contributed by atoms with van der Waals surface area (Å²) in [7, 11) is 0. The summed E-state index contributed by atoms with van der Waals surface area (Å²) in [4.78, 5) is 17.1. The van der Waals surface area contributed by atoms with Crippen molar-refractivity contribution in [3.05, 3.63) is 47.3 Å². The first kappa shape index (κ1) is 19.6. The van der Waals surface area contributed by atoms with E-state index in [-0.39, 0.29) is 11.3 Å². The van der Waals surface area contributed by atoms with Crippen molar-refractivity contribution >= 4 is 11.6 Å². The molecule has 0 bridgehead atoms. The van der Waals surface area contributed by atoms with Gasteiger partial charge in [0.1, 0.15) is 5.76 Å². The Morgan fingerprint density at radius 2 is 1.81 bits per heavy atom. The van der Waals surface area contributed by atoms with Gasteiger partial charge in [-0.2, -0.15) is 0 Å². The number of benzene rings is 1. The van der Waals surface area contributed by atoms with Crippen molar-refractivity contribution in [1.82, 2.24) is 15.0 Å². The molecule has 1 fully saturated rings. The van der Waals surface area contributed by atoms with Crippen LogP contribution in [-0.4, -0.2) is 53.6 Å². The molecular formula is C21H30N4O2. The van der Waals surface area contributed by atoms with E-state index in [4.69, 9.17) is 4.52 Å². The standard InChI is InChI=1S/C21H30N4O2/c1-16-13-17(23-27-16)14-24-9-11-25(12-10-24)15-20(26)22-19-8-6-5-7-18(19)21(2,3)4/h5-8,13H,9-12,14-15H2,1-4H3,(H,22,26). The van der Waals surface area contributed by atoms with Crippen LogP contribution in [-0.2, 0) is 16.8 Å². The van der Waals surface area contributed by atoms with Crippen molar-refractivity contribution in [1.29, 1.82) is 0 Å². The molecule has 1 amide bonds. The maximum Gasteiger partial charge on any atom is 0.238 e. The summed E-state index contributed by atoms with van der Waals surface area (Å²) < 4.78 is 5.13. The first-order valence-corrected chi connectivity index (χ1v) is 9.57. The molecule has 6 nitrogen and oxygen atoms in total. The molecule has 146 valence electrons. The van der Waals surface area contributed by atoms with Gasteiger partial charge in [-0.15, -0.1) is 0 Å². The summed E-state index contributed by atoms with van der Waals surface area (Å²) in [5, 5.41) is 7.16. The van der Waals surface area contributed by atoms with Crippen molar-refractivity contribution in [2.75, 3.05) is 38.0 Å². The molecule has 1 saturated heterocycles. The maximum absolute atomic E-state index is 12.5. The molecule has 2 heterocycles. The number of anilines is 1. The van der Waals surface area contributed by atoms with Gasteiger partial charge in [0, 0.05) is 44.5 Å². The van der Waals surface area contributed by atoms with Crippen molar-refractivity contribution in [2.45, 2.75) is 39.7 Å². The van der Waals surface area contributed by atoms with Gasteiger partial charge in [0.05, 0.1) is 12.2 Å². The number of aromatic nitrogens is 1. The van der Waals surface area contributed by atoms with Gasteiger partial charge in [-0.05, 0) is 24.0 Å². The van der Waals surface area contributed by atoms with Gasteiger partial charge in [0.15, 0.2) is 0 Å². The van der Waals surface area contributed by atoms with E-state index in [0.29, 0.717) is 6.54 Å². The quantitative estimate of drug-likeness (QED) is 0.877. The molecule has 3 rings (SSSR count). The number of carbonyl (C=O) groups is 1. The van der Waals surface area contributed by atoms with Gasteiger partial charge in [-0.3, -0.25) is 14.6 Å². The molecule has 1 aromatic heterocycles.